The highest BCUT2D eigenvalue weighted by molar-refractivity contribution is 5.78. The number of likely N-dealkylation sites (N-methyl/N-ethyl adjacent to an activating group) is 1. The predicted molar refractivity (Wildman–Crippen MR) is 81.2 cm³/mol. The number of morpholine rings is 1. The third-order valence-corrected chi connectivity index (χ3v) is 5.60. The van der Waals surface area contributed by atoms with Gasteiger partial charge in [-0.15, -0.1) is 0 Å². The first-order chi connectivity index (χ1) is 11.0. The molecule has 6 heteroatoms. The zero-order chi connectivity index (χ0) is 16.2. The van der Waals surface area contributed by atoms with Gasteiger partial charge in [0, 0.05) is 12.8 Å². The van der Waals surface area contributed by atoms with E-state index in [-0.39, 0.29) is 41.6 Å². The average molecular weight is 319 g/mol. The van der Waals surface area contributed by atoms with Gasteiger partial charge >= 0.3 is 5.97 Å². The minimum Gasteiger partial charge on any atom is -0.632 e. The molecule has 124 valence electrons. The van der Waals surface area contributed by atoms with Crippen LogP contribution in [0.15, 0.2) is 30.3 Å². The van der Waals surface area contributed by atoms with E-state index in [0.29, 0.717) is 12.8 Å². The number of carbonyl (C=O) groups is 1. The van der Waals surface area contributed by atoms with Crippen LogP contribution in [0.5, 0.6) is 0 Å². The van der Waals surface area contributed by atoms with Crippen LogP contribution in [0.25, 0.3) is 0 Å². The van der Waals surface area contributed by atoms with Crippen molar-refractivity contribution in [3.63, 3.8) is 0 Å². The molecule has 0 radical (unpaired) electrons. The molecule has 3 aliphatic heterocycles. The molecule has 2 unspecified atom stereocenters. The third kappa shape index (κ3) is 2.37. The molecule has 1 aromatic rings. The normalized spacial score (nSPS) is 42.0. The molecule has 3 fully saturated rings. The Bertz CT molecular complexity index is 584. The molecule has 0 aliphatic carbocycles. The van der Waals surface area contributed by atoms with Crippen molar-refractivity contribution in [2.45, 2.75) is 49.2 Å². The van der Waals surface area contributed by atoms with Gasteiger partial charge < -0.3 is 24.4 Å². The molecular weight excluding hydrogens is 298 g/mol. The summed E-state index contributed by atoms with van der Waals surface area (Å²) >= 11 is 0. The molecule has 4 rings (SSSR count). The lowest BCUT2D eigenvalue weighted by Gasteiger charge is -2.51. The van der Waals surface area contributed by atoms with E-state index in [9.17, 15) is 15.1 Å². The first-order valence-electron chi connectivity index (χ1n) is 8.11. The second-order valence-electron chi connectivity index (χ2n) is 6.94. The molecule has 6 nitrogen and oxygen atoms in total. The van der Waals surface area contributed by atoms with Crippen LogP contribution >= 0.6 is 0 Å². The SMILES string of the molecule is C[N+]1([O-])[C@H]2CC(OC(=O)[C@H](CO)c3ccccc3)C[C@H]1[C@H]1O[C@H]12. The van der Waals surface area contributed by atoms with Gasteiger partial charge in [0.25, 0.3) is 0 Å². The number of piperidine rings is 1. The predicted octanol–water partition coefficient (Wildman–Crippen LogP) is 0.931. The lowest BCUT2D eigenvalue weighted by Crippen LogP contribution is -2.58. The molecule has 0 saturated carbocycles. The Labute approximate surface area is 134 Å². The van der Waals surface area contributed by atoms with E-state index in [0.717, 1.165) is 5.56 Å². The van der Waals surface area contributed by atoms with Crippen LogP contribution in [0.3, 0.4) is 0 Å². The van der Waals surface area contributed by atoms with Gasteiger partial charge in [0.1, 0.15) is 36.3 Å². The van der Waals surface area contributed by atoms with E-state index in [2.05, 4.69) is 0 Å². The lowest BCUT2D eigenvalue weighted by molar-refractivity contribution is -0.911. The number of hydrogen-bond acceptors (Lipinski definition) is 5. The van der Waals surface area contributed by atoms with Gasteiger partial charge in [0.05, 0.1) is 13.7 Å². The van der Waals surface area contributed by atoms with Gasteiger partial charge in [-0.05, 0) is 5.56 Å². The number of aliphatic hydroxyl groups excluding tert-OH is 1. The highest BCUT2D eigenvalue weighted by Crippen LogP contribution is 2.52. The fourth-order valence-corrected chi connectivity index (χ4v) is 4.25. The number of epoxide rings is 1. The molecule has 2 bridgehead atoms. The number of quaternary nitrogens is 1. The quantitative estimate of drug-likeness (QED) is 0.386. The monoisotopic (exact) mass is 319 g/mol. The van der Waals surface area contributed by atoms with Crippen LogP contribution < -0.4 is 0 Å². The number of aliphatic hydroxyl groups is 1. The van der Waals surface area contributed by atoms with E-state index >= 15 is 0 Å². The number of hydroxylamine groups is 3. The van der Waals surface area contributed by atoms with Crippen molar-refractivity contribution in [2.24, 2.45) is 0 Å². The summed E-state index contributed by atoms with van der Waals surface area (Å²) in [6.07, 6.45) is 0.891. The number of fused-ring (bicyclic) bond motifs is 5. The van der Waals surface area contributed by atoms with Gasteiger partial charge in [0.15, 0.2) is 0 Å². The van der Waals surface area contributed by atoms with Gasteiger partial charge in [-0.25, -0.2) is 0 Å². The smallest absolute Gasteiger partial charge is 0.316 e. The Kier molecular flexibility index (Phi) is 3.46. The van der Waals surface area contributed by atoms with Crippen molar-refractivity contribution in [3.8, 4) is 0 Å². The topological polar surface area (TPSA) is 82.1 Å². The van der Waals surface area contributed by atoms with E-state index in [1.807, 2.05) is 18.2 Å². The lowest BCUT2D eigenvalue weighted by atomic mass is 9.97. The van der Waals surface area contributed by atoms with Gasteiger partial charge in [-0.1, -0.05) is 30.3 Å². The molecule has 7 atom stereocenters. The first kappa shape index (κ1) is 15.1. The summed E-state index contributed by atoms with van der Waals surface area (Å²) in [7, 11) is 1.70. The molecule has 0 spiro atoms. The van der Waals surface area contributed by atoms with Crippen molar-refractivity contribution < 1.29 is 24.0 Å². The summed E-state index contributed by atoms with van der Waals surface area (Å²) in [4.78, 5) is 12.4. The summed E-state index contributed by atoms with van der Waals surface area (Å²) < 4.78 is 10.9. The van der Waals surface area contributed by atoms with Crippen LogP contribution in [0.4, 0.5) is 0 Å². The van der Waals surface area contributed by atoms with Crippen molar-refractivity contribution in [3.05, 3.63) is 41.1 Å². The number of hydrogen-bond donors (Lipinski definition) is 1. The van der Waals surface area contributed by atoms with Crippen molar-refractivity contribution in [1.82, 2.24) is 0 Å². The summed E-state index contributed by atoms with van der Waals surface area (Å²) in [6, 6.07) is 8.86. The summed E-state index contributed by atoms with van der Waals surface area (Å²) in [5.74, 6) is -1.09. The fraction of sp³-hybridized carbons (Fsp3) is 0.588. The van der Waals surface area contributed by atoms with E-state index in [4.69, 9.17) is 9.47 Å². The molecule has 0 aromatic heterocycles. The van der Waals surface area contributed by atoms with Crippen molar-refractivity contribution in [2.75, 3.05) is 13.7 Å². The fourth-order valence-electron chi connectivity index (χ4n) is 4.25. The Morgan fingerprint density at radius 3 is 2.52 bits per heavy atom. The zero-order valence-electron chi connectivity index (χ0n) is 13.0. The zero-order valence-corrected chi connectivity index (χ0v) is 13.0. The summed E-state index contributed by atoms with van der Waals surface area (Å²) in [5.41, 5.74) is 0.745. The molecule has 3 heterocycles. The molecule has 3 saturated heterocycles. The molecular formula is C17H21NO5. The second kappa shape index (κ2) is 5.27. The maximum Gasteiger partial charge on any atom is 0.316 e. The number of ether oxygens (including phenoxy) is 2. The number of benzene rings is 1. The Morgan fingerprint density at radius 1 is 1.35 bits per heavy atom. The number of rotatable bonds is 4. The summed E-state index contributed by atoms with van der Waals surface area (Å²) in [5, 5.41) is 22.2. The second-order valence-corrected chi connectivity index (χ2v) is 6.94. The third-order valence-electron chi connectivity index (χ3n) is 5.60. The summed E-state index contributed by atoms with van der Waals surface area (Å²) in [6.45, 7) is -0.286. The van der Waals surface area contributed by atoms with Crippen LogP contribution in [0.2, 0.25) is 0 Å². The minimum absolute atomic E-state index is 0.0361. The number of nitrogens with zero attached hydrogens (tertiary/aromatic N) is 1. The van der Waals surface area contributed by atoms with Gasteiger partial charge in [-0.2, -0.15) is 0 Å². The van der Waals surface area contributed by atoms with E-state index < -0.39 is 11.9 Å². The van der Waals surface area contributed by atoms with Crippen LogP contribution in [0, 0.1) is 5.21 Å². The van der Waals surface area contributed by atoms with Gasteiger partial charge in [0.2, 0.25) is 0 Å². The highest BCUT2D eigenvalue weighted by Gasteiger charge is 2.69. The Hall–Kier alpha value is -1.47. The first-order valence-corrected chi connectivity index (χ1v) is 8.11. The number of carbonyl (C=O) groups excluding carboxylic acids is 1. The molecule has 1 aromatic carbocycles. The minimum atomic E-state index is -0.672. The maximum atomic E-state index is 12.6. The molecule has 0 amide bonds. The van der Waals surface area contributed by atoms with Gasteiger partial charge in [-0.3, -0.25) is 4.79 Å². The number of esters is 1. The van der Waals surface area contributed by atoms with Crippen LogP contribution in [0.1, 0.15) is 24.3 Å². The largest absolute Gasteiger partial charge is 0.632 e. The molecule has 3 aliphatic rings. The van der Waals surface area contributed by atoms with Crippen LogP contribution in [-0.4, -0.2) is 59.8 Å². The van der Waals surface area contributed by atoms with E-state index in [1.165, 1.54) is 0 Å². The molecule has 1 N–H and O–H groups in total. The Balaban J connectivity index is 1.44. The maximum absolute atomic E-state index is 12.6. The van der Waals surface area contributed by atoms with Crippen molar-refractivity contribution in [1.29, 1.82) is 0 Å². The average Bonchev–Trinajstić information content (AvgIpc) is 3.27. The van der Waals surface area contributed by atoms with Crippen molar-refractivity contribution >= 4 is 5.97 Å². The van der Waals surface area contributed by atoms with Crippen LogP contribution in [-0.2, 0) is 14.3 Å². The molecule has 23 heavy (non-hydrogen) atoms. The standard InChI is InChI=1S/C17H21NO5/c1-18(21)13-7-11(8-14(18)16-15(13)23-16)22-17(20)12(9-19)10-5-3-2-4-6-10/h2-6,11-16,19H,7-9H2,1H3/t11?,12-,13+,14+,15-,16+,18?/m1/s1. The highest BCUT2D eigenvalue weighted by atomic mass is 16.6. The Morgan fingerprint density at radius 2 is 1.96 bits per heavy atom. The van der Waals surface area contributed by atoms with E-state index in [1.54, 1.807) is 19.2 Å².